The van der Waals surface area contributed by atoms with Crippen molar-refractivity contribution in [1.82, 2.24) is 10.2 Å². The van der Waals surface area contributed by atoms with Crippen LogP contribution in [0.25, 0.3) is 0 Å². The van der Waals surface area contributed by atoms with Gasteiger partial charge in [0.05, 0.1) is 34.5 Å². The van der Waals surface area contributed by atoms with E-state index in [1.165, 1.54) is 11.1 Å². The molecular weight excluding hydrogens is 456 g/mol. The molecule has 3 aromatic rings. The predicted molar refractivity (Wildman–Crippen MR) is 139 cm³/mol. The smallest absolute Gasteiger partial charge is 0.251 e. The number of hydrogen-bond donors (Lipinski definition) is 1. The summed E-state index contributed by atoms with van der Waals surface area (Å²) >= 11 is 0. The molecule has 0 radical (unpaired) electrons. The van der Waals surface area contributed by atoms with E-state index in [-0.39, 0.29) is 18.0 Å². The van der Waals surface area contributed by atoms with Crippen molar-refractivity contribution in [2.75, 3.05) is 35.0 Å². The topological polar surface area (TPSA) is 69.3 Å². The van der Waals surface area contributed by atoms with Gasteiger partial charge in [-0.05, 0) is 78.6 Å². The normalized spacial score (nSPS) is 16.0. The van der Waals surface area contributed by atoms with Gasteiger partial charge in [0.15, 0.2) is 11.5 Å². The van der Waals surface area contributed by atoms with Crippen LogP contribution in [0, 0.1) is 0 Å². The van der Waals surface area contributed by atoms with E-state index in [0.29, 0.717) is 22.8 Å². The Balaban J connectivity index is 1.65. The summed E-state index contributed by atoms with van der Waals surface area (Å²) in [6.07, 6.45) is 0.876. The summed E-state index contributed by atoms with van der Waals surface area (Å²) in [5, 5.41) is 3.23. The second-order valence-electron chi connectivity index (χ2n) is 8.91. The van der Waals surface area contributed by atoms with Crippen LogP contribution in [-0.4, -0.2) is 51.8 Å². The number of nitrogens with one attached hydrogen (secondary N) is 1. The minimum atomic E-state index is -0.171. The van der Waals surface area contributed by atoms with E-state index in [2.05, 4.69) is 41.4 Å². The summed E-state index contributed by atoms with van der Waals surface area (Å²) in [4.78, 5) is 15.6. The molecule has 0 unspecified atom stereocenters. The average molecular weight is 491 g/mol. The lowest BCUT2D eigenvalue weighted by atomic mass is 9.87. The number of hydrogen-bond acceptors (Lipinski definition) is 6. The molecule has 2 atom stereocenters. The van der Waals surface area contributed by atoms with E-state index in [4.69, 9.17) is 18.9 Å². The molecule has 0 saturated heterocycles. The zero-order valence-corrected chi connectivity index (χ0v) is 21.5. The van der Waals surface area contributed by atoms with Gasteiger partial charge in [0.1, 0.15) is 11.5 Å². The summed E-state index contributed by atoms with van der Waals surface area (Å²) in [6.45, 7) is 3.64. The first-order chi connectivity index (χ1) is 17.5. The fourth-order valence-corrected chi connectivity index (χ4v) is 4.87. The molecule has 1 heterocycles. The maximum absolute atomic E-state index is 13.1. The third-order valence-corrected chi connectivity index (χ3v) is 6.76. The predicted octanol–water partition coefficient (Wildman–Crippen LogP) is 4.64. The number of fused-ring (bicyclic) bond motifs is 1. The van der Waals surface area contributed by atoms with Crippen LogP contribution in [0.2, 0.25) is 0 Å². The van der Waals surface area contributed by atoms with E-state index in [0.717, 1.165) is 30.8 Å². The van der Waals surface area contributed by atoms with Gasteiger partial charge in [-0.2, -0.15) is 0 Å². The molecule has 1 amide bonds. The Labute approximate surface area is 212 Å². The average Bonchev–Trinajstić information content (AvgIpc) is 2.92. The Morgan fingerprint density at radius 1 is 0.889 bits per heavy atom. The van der Waals surface area contributed by atoms with Gasteiger partial charge in [-0.25, -0.2) is 0 Å². The van der Waals surface area contributed by atoms with Gasteiger partial charge in [-0.15, -0.1) is 0 Å². The molecule has 3 aromatic carbocycles. The highest BCUT2D eigenvalue weighted by Crippen LogP contribution is 2.40. The number of ether oxygens (including phenoxy) is 4. The number of carbonyl (C=O) groups excluding carboxylic acids is 1. The van der Waals surface area contributed by atoms with E-state index in [1.807, 2.05) is 12.1 Å². The number of benzene rings is 3. The van der Waals surface area contributed by atoms with Gasteiger partial charge in [0, 0.05) is 24.7 Å². The largest absolute Gasteiger partial charge is 0.497 e. The monoisotopic (exact) mass is 490 g/mol. The molecule has 1 aliphatic heterocycles. The molecule has 0 aliphatic carbocycles. The van der Waals surface area contributed by atoms with E-state index >= 15 is 0 Å². The lowest BCUT2D eigenvalue weighted by Crippen LogP contribution is -2.47. The van der Waals surface area contributed by atoms with E-state index < -0.39 is 0 Å². The second kappa shape index (κ2) is 11.4. The first-order valence-corrected chi connectivity index (χ1v) is 12.0. The number of methoxy groups -OCH3 is 4. The van der Waals surface area contributed by atoms with Gasteiger partial charge >= 0.3 is 0 Å². The minimum Gasteiger partial charge on any atom is -0.497 e. The van der Waals surface area contributed by atoms with Crippen molar-refractivity contribution < 1.29 is 23.7 Å². The van der Waals surface area contributed by atoms with Gasteiger partial charge in [0.2, 0.25) is 0 Å². The quantitative estimate of drug-likeness (QED) is 0.471. The SMILES string of the molecule is COc1ccc(CN2CCc3cc(OC)c(OC)cc3[C@H]2[C@H](C)NC(=O)c2ccc(OC)cc2)cc1. The van der Waals surface area contributed by atoms with E-state index in [1.54, 1.807) is 52.7 Å². The molecule has 0 bridgehead atoms. The Morgan fingerprint density at radius 2 is 1.47 bits per heavy atom. The molecule has 4 rings (SSSR count). The maximum Gasteiger partial charge on any atom is 0.251 e. The van der Waals surface area contributed by atoms with Crippen molar-refractivity contribution in [2.45, 2.75) is 32.0 Å². The molecule has 0 aromatic heterocycles. The molecule has 7 heteroatoms. The molecule has 36 heavy (non-hydrogen) atoms. The van der Waals surface area contributed by atoms with Gasteiger partial charge in [-0.1, -0.05) is 12.1 Å². The van der Waals surface area contributed by atoms with Crippen LogP contribution in [0.15, 0.2) is 60.7 Å². The van der Waals surface area contributed by atoms with Crippen molar-refractivity contribution >= 4 is 5.91 Å². The highest BCUT2D eigenvalue weighted by Gasteiger charge is 2.34. The van der Waals surface area contributed by atoms with Crippen LogP contribution in [-0.2, 0) is 13.0 Å². The Bertz CT molecular complexity index is 1180. The lowest BCUT2D eigenvalue weighted by Gasteiger charge is -2.41. The summed E-state index contributed by atoms with van der Waals surface area (Å²) in [5.74, 6) is 2.82. The number of rotatable bonds is 9. The standard InChI is InChI=1S/C29H34N2O5/c1-19(30-29(32)21-8-12-24(34-3)13-9-21)28-25-17-27(36-5)26(35-4)16-22(25)14-15-31(28)18-20-6-10-23(33-2)11-7-20/h6-13,16-17,19,28H,14-15,18H2,1-5H3,(H,30,32)/t19-,28+/m0/s1. The van der Waals surface area contributed by atoms with Crippen molar-refractivity contribution in [3.8, 4) is 23.0 Å². The first-order valence-electron chi connectivity index (χ1n) is 12.0. The first kappa shape index (κ1) is 25.4. The van der Waals surface area contributed by atoms with Gasteiger partial charge in [0.25, 0.3) is 5.91 Å². The van der Waals surface area contributed by atoms with Crippen molar-refractivity contribution in [3.05, 3.63) is 82.9 Å². The van der Waals surface area contributed by atoms with Crippen LogP contribution in [0.4, 0.5) is 0 Å². The highest BCUT2D eigenvalue weighted by atomic mass is 16.5. The number of carbonyl (C=O) groups is 1. The number of nitrogens with zero attached hydrogens (tertiary/aromatic N) is 1. The van der Waals surface area contributed by atoms with E-state index in [9.17, 15) is 4.79 Å². The number of amides is 1. The van der Waals surface area contributed by atoms with Crippen LogP contribution in [0.5, 0.6) is 23.0 Å². The van der Waals surface area contributed by atoms with Crippen molar-refractivity contribution in [2.24, 2.45) is 0 Å². The summed E-state index contributed by atoms with van der Waals surface area (Å²) in [7, 11) is 6.57. The maximum atomic E-state index is 13.1. The molecule has 0 spiro atoms. The van der Waals surface area contributed by atoms with Crippen LogP contribution >= 0.6 is 0 Å². The summed E-state index contributed by atoms with van der Waals surface area (Å²) in [6, 6.07) is 19.1. The Hall–Kier alpha value is -3.71. The minimum absolute atomic E-state index is 0.0575. The van der Waals surface area contributed by atoms with Crippen LogP contribution in [0.1, 0.15) is 40.0 Å². The fourth-order valence-electron chi connectivity index (χ4n) is 4.87. The van der Waals surface area contributed by atoms with Crippen molar-refractivity contribution in [1.29, 1.82) is 0 Å². The zero-order valence-electron chi connectivity index (χ0n) is 21.5. The molecule has 1 aliphatic rings. The summed E-state index contributed by atoms with van der Waals surface area (Å²) in [5.41, 5.74) is 4.11. The fraction of sp³-hybridized carbons (Fsp3) is 0.345. The molecule has 0 fully saturated rings. The lowest BCUT2D eigenvalue weighted by molar-refractivity contribution is 0.0877. The zero-order chi connectivity index (χ0) is 25.7. The molecule has 1 N–H and O–H groups in total. The summed E-state index contributed by atoms with van der Waals surface area (Å²) < 4.78 is 21.7. The highest BCUT2D eigenvalue weighted by molar-refractivity contribution is 5.94. The second-order valence-corrected chi connectivity index (χ2v) is 8.91. The van der Waals surface area contributed by atoms with Gasteiger partial charge in [-0.3, -0.25) is 9.69 Å². The van der Waals surface area contributed by atoms with Crippen molar-refractivity contribution in [3.63, 3.8) is 0 Å². The Morgan fingerprint density at radius 3 is 2.06 bits per heavy atom. The third kappa shape index (κ3) is 5.41. The van der Waals surface area contributed by atoms with Crippen LogP contribution in [0.3, 0.4) is 0 Å². The molecule has 190 valence electrons. The molecule has 0 saturated carbocycles. The Kier molecular flexibility index (Phi) is 8.00. The molecule has 7 nitrogen and oxygen atoms in total. The molecular formula is C29H34N2O5. The van der Waals surface area contributed by atoms with Crippen LogP contribution < -0.4 is 24.3 Å². The van der Waals surface area contributed by atoms with Gasteiger partial charge < -0.3 is 24.3 Å². The third-order valence-electron chi connectivity index (χ3n) is 6.76.